The molecule has 1 aromatic carbocycles. The highest BCUT2D eigenvalue weighted by atomic mass is 32.2. The monoisotopic (exact) mass is 268 g/mol. The number of alkyl halides is 1. The van der Waals surface area contributed by atoms with Crippen molar-refractivity contribution in [3.63, 3.8) is 0 Å². The Hall–Kier alpha value is -1.42. The zero-order valence-corrected chi connectivity index (χ0v) is 11.4. The molecule has 98 valence electrons. The second-order valence-electron chi connectivity index (χ2n) is 3.76. The summed E-state index contributed by atoms with van der Waals surface area (Å²) >= 11 is 0. The van der Waals surface area contributed by atoms with E-state index in [9.17, 15) is 8.60 Å². The topological polar surface area (TPSA) is 26.3 Å². The largest absolute Gasteiger partial charge is 0.497 e. The number of benzene rings is 1. The molecule has 0 saturated carbocycles. The van der Waals surface area contributed by atoms with E-state index >= 15 is 0 Å². The van der Waals surface area contributed by atoms with Gasteiger partial charge in [-0.3, -0.25) is 0 Å². The summed E-state index contributed by atoms with van der Waals surface area (Å²) in [6.45, 7) is 4.78. The SMILES string of the molecule is C=CC/C(=C(\CF)OC)S(=O)c1ccc(C)cc1. The van der Waals surface area contributed by atoms with E-state index in [2.05, 4.69) is 6.58 Å². The predicted octanol–water partition coefficient (Wildman–Crippen LogP) is 3.51. The molecule has 0 saturated heterocycles. The van der Waals surface area contributed by atoms with Gasteiger partial charge in [-0.2, -0.15) is 0 Å². The lowest BCUT2D eigenvalue weighted by Crippen LogP contribution is -2.03. The van der Waals surface area contributed by atoms with Gasteiger partial charge in [-0.25, -0.2) is 8.60 Å². The third-order valence-electron chi connectivity index (χ3n) is 2.47. The van der Waals surface area contributed by atoms with Gasteiger partial charge < -0.3 is 4.74 Å². The normalized spacial score (nSPS) is 13.7. The van der Waals surface area contributed by atoms with Crippen molar-refractivity contribution in [2.24, 2.45) is 0 Å². The Bertz CT molecular complexity index is 457. The molecule has 0 aliphatic heterocycles. The molecule has 0 amide bonds. The first-order valence-electron chi connectivity index (χ1n) is 5.55. The van der Waals surface area contributed by atoms with Gasteiger partial charge in [0.2, 0.25) is 0 Å². The summed E-state index contributed by atoms with van der Waals surface area (Å²) in [6, 6.07) is 7.31. The third-order valence-corrected chi connectivity index (χ3v) is 4.01. The average molecular weight is 268 g/mol. The highest BCUT2D eigenvalue weighted by Crippen LogP contribution is 2.22. The van der Waals surface area contributed by atoms with Gasteiger partial charge in [-0.15, -0.1) is 6.58 Å². The number of rotatable bonds is 6. The van der Waals surface area contributed by atoms with Crippen molar-refractivity contribution in [2.45, 2.75) is 18.2 Å². The van der Waals surface area contributed by atoms with E-state index in [1.54, 1.807) is 18.2 Å². The van der Waals surface area contributed by atoms with Crippen LogP contribution < -0.4 is 0 Å². The Morgan fingerprint density at radius 3 is 2.50 bits per heavy atom. The molecule has 0 heterocycles. The minimum atomic E-state index is -1.42. The fraction of sp³-hybridized carbons (Fsp3) is 0.286. The summed E-state index contributed by atoms with van der Waals surface area (Å²) in [5, 5.41) is 0. The molecule has 4 heteroatoms. The Balaban J connectivity index is 3.14. The van der Waals surface area contributed by atoms with Crippen LogP contribution in [0.1, 0.15) is 12.0 Å². The Kier molecular flexibility index (Phi) is 5.78. The van der Waals surface area contributed by atoms with E-state index in [1.165, 1.54) is 7.11 Å². The molecule has 1 aromatic rings. The lowest BCUT2D eigenvalue weighted by molar-refractivity contribution is 0.253. The van der Waals surface area contributed by atoms with Gasteiger partial charge in [-0.05, 0) is 19.1 Å². The van der Waals surface area contributed by atoms with Crippen LogP contribution in [0.2, 0.25) is 0 Å². The maximum atomic E-state index is 12.8. The molecular formula is C14H17FO2S. The van der Waals surface area contributed by atoms with Gasteiger partial charge in [0.25, 0.3) is 0 Å². The second-order valence-corrected chi connectivity index (χ2v) is 5.26. The van der Waals surface area contributed by atoms with Gasteiger partial charge >= 0.3 is 0 Å². The van der Waals surface area contributed by atoms with Crippen molar-refractivity contribution in [3.05, 3.63) is 53.1 Å². The molecule has 1 unspecified atom stereocenters. The maximum absolute atomic E-state index is 12.8. The number of ether oxygens (including phenoxy) is 1. The van der Waals surface area contributed by atoms with Crippen LogP contribution in [0, 0.1) is 6.92 Å². The van der Waals surface area contributed by atoms with Crippen LogP contribution >= 0.6 is 0 Å². The summed E-state index contributed by atoms with van der Waals surface area (Å²) in [5.41, 5.74) is 1.09. The van der Waals surface area contributed by atoms with E-state index in [0.29, 0.717) is 16.2 Å². The van der Waals surface area contributed by atoms with Crippen molar-refractivity contribution in [1.29, 1.82) is 0 Å². The molecule has 0 aromatic heterocycles. The smallest absolute Gasteiger partial charge is 0.147 e. The summed E-state index contributed by atoms with van der Waals surface area (Å²) < 4.78 is 30.1. The number of hydrogen-bond donors (Lipinski definition) is 0. The molecular weight excluding hydrogens is 251 g/mol. The lowest BCUT2D eigenvalue weighted by Gasteiger charge is -2.10. The third kappa shape index (κ3) is 3.53. The molecule has 0 spiro atoms. The van der Waals surface area contributed by atoms with Crippen molar-refractivity contribution in [3.8, 4) is 0 Å². The van der Waals surface area contributed by atoms with E-state index in [1.807, 2.05) is 19.1 Å². The van der Waals surface area contributed by atoms with E-state index in [0.717, 1.165) is 5.56 Å². The zero-order valence-electron chi connectivity index (χ0n) is 10.6. The Morgan fingerprint density at radius 2 is 2.06 bits per heavy atom. The van der Waals surface area contributed by atoms with Crippen molar-refractivity contribution in [1.82, 2.24) is 0 Å². The van der Waals surface area contributed by atoms with Gasteiger partial charge in [-0.1, -0.05) is 23.8 Å². The molecule has 18 heavy (non-hydrogen) atoms. The number of allylic oxidation sites excluding steroid dienone is 3. The molecule has 1 atom stereocenters. The van der Waals surface area contributed by atoms with Gasteiger partial charge in [0.15, 0.2) is 0 Å². The Morgan fingerprint density at radius 1 is 1.44 bits per heavy atom. The van der Waals surface area contributed by atoms with E-state index in [-0.39, 0.29) is 5.76 Å². The standard InChI is InChI=1S/C14H17FO2S/c1-4-5-14(13(10-15)17-3)18(16)12-8-6-11(2)7-9-12/h4,6-9H,1,5,10H2,2-3H3/b14-13-. The number of aryl methyl sites for hydroxylation is 1. The van der Waals surface area contributed by atoms with Crippen LogP contribution in [-0.4, -0.2) is 18.0 Å². The number of halogens is 1. The Labute approximate surface area is 110 Å². The molecule has 0 aliphatic rings. The maximum Gasteiger partial charge on any atom is 0.147 e. The van der Waals surface area contributed by atoms with Crippen LogP contribution in [0.25, 0.3) is 0 Å². The van der Waals surface area contributed by atoms with Crippen LogP contribution in [0.5, 0.6) is 0 Å². The highest BCUT2D eigenvalue weighted by molar-refractivity contribution is 7.89. The minimum absolute atomic E-state index is 0.119. The molecule has 0 aliphatic carbocycles. The molecule has 0 fully saturated rings. The van der Waals surface area contributed by atoms with E-state index < -0.39 is 17.5 Å². The van der Waals surface area contributed by atoms with Gasteiger partial charge in [0, 0.05) is 11.3 Å². The predicted molar refractivity (Wildman–Crippen MR) is 72.4 cm³/mol. The zero-order chi connectivity index (χ0) is 13.5. The van der Waals surface area contributed by atoms with Gasteiger partial charge in [0.05, 0.1) is 22.8 Å². The molecule has 2 nitrogen and oxygen atoms in total. The average Bonchev–Trinajstić information content (AvgIpc) is 2.39. The summed E-state index contributed by atoms with van der Waals surface area (Å²) in [4.78, 5) is 1.07. The van der Waals surface area contributed by atoms with Crippen molar-refractivity contribution >= 4 is 10.8 Å². The first-order valence-corrected chi connectivity index (χ1v) is 6.70. The summed E-state index contributed by atoms with van der Waals surface area (Å²) in [7, 11) is -0.0365. The second kappa shape index (κ2) is 7.11. The van der Waals surface area contributed by atoms with Crippen LogP contribution in [0.4, 0.5) is 4.39 Å². The molecule has 0 N–H and O–H groups in total. The molecule has 0 radical (unpaired) electrons. The minimum Gasteiger partial charge on any atom is -0.497 e. The van der Waals surface area contributed by atoms with Crippen LogP contribution in [0.3, 0.4) is 0 Å². The van der Waals surface area contributed by atoms with E-state index in [4.69, 9.17) is 4.74 Å². The number of methoxy groups -OCH3 is 1. The highest BCUT2D eigenvalue weighted by Gasteiger charge is 2.15. The molecule has 1 rings (SSSR count). The van der Waals surface area contributed by atoms with Crippen molar-refractivity contribution in [2.75, 3.05) is 13.8 Å². The van der Waals surface area contributed by atoms with Gasteiger partial charge in [0.1, 0.15) is 12.4 Å². The molecule has 0 bridgehead atoms. The fourth-order valence-electron chi connectivity index (χ4n) is 1.47. The quantitative estimate of drug-likeness (QED) is 0.583. The number of hydrogen-bond acceptors (Lipinski definition) is 2. The van der Waals surface area contributed by atoms with Crippen LogP contribution in [-0.2, 0) is 15.5 Å². The summed E-state index contributed by atoms with van der Waals surface area (Å²) in [5.74, 6) is 0.119. The lowest BCUT2D eigenvalue weighted by atomic mass is 10.2. The fourth-order valence-corrected chi connectivity index (χ4v) is 2.75. The first-order chi connectivity index (χ1) is 8.63. The summed E-state index contributed by atoms with van der Waals surface area (Å²) in [6.07, 6.45) is 1.93. The van der Waals surface area contributed by atoms with Crippen molar-refractivity contribution < 1.29 is 13.3 Å². The first kappa shape index (κ1) is 14.6. The van der Waals surface area contributed by atoms with Crippen LogP contribution in [0.15, 0.2) is 52.5 Å².